The Morgan fingerprint density at radius 3 is 2.68 bits per heavy atom. The second kappa shape index (κ2) is 6.16. The van der Waals surface area contributed by atoms with Crippen molar-refractivity contribution in [1.82, 2.24) is 4.98 Å². The molecule has 19 heavy (non-hydrogen) atoms. The molecule has 1 aromatic carbocycles. The van der Waals surface area contributed by atoms with Crippen LogP contribution < -0.4 is 5.32 Å². The molecule has 0 bridgehead atoms. The monoisotopic (exact) mass is 312 g/mol. The minimum atomic E-state index is 0.200. The van der Waals surface area contributed by atoms with E-state index in [2.05, 4.69) is 55.3 Å². The van der Waals surface area contributed by atoms with Crippen LogP contribution in [-0.4, -0.2) is 9.73 Å². The van der Waals surface area contributed by atoms with Crippen molar-refractivity contribution in [2.45, 2.75) is 37.0 Å². The summed E-state index contributed by atoms with van der Waals surface area (Å²) in [4.78, 5) is 6.46. The van der Waals surface area contributed by atoms with Crippen LogP contribution in [0.2, 0.25) is 4.47 Å². The molecule has 0 radical (unpaired) electrons. The molecular weight excluding hydrogens is 296 g/mol. The molecule has 0 aliphatic carbocycles. The van der Waals surface area contributed by atoms with E-state index in [1.54, 1.807) is 0 Å². The van der Waals surface area contributed by atoms with Gasteiger partial charge in [0.25, 0.3) is 0 Å². The number of thiazole rings is 1. The van der Waals surface area contributed by atoms with Gasteiger partial charge in [0.2, 0.25) is 0 Å². The summed E-state index contributed by atoms with van der Waals surface area (Å²) < 4.78 is 0.792. The van der Waals surface area contributed by atoms with Gasteiger partial charge in [-0.15, -0.1) is 23.1 Å². The Balaban J connectivity index is 2.07. The molecule has 0 saturated heterocycles. The van der Waals surface area contributed by atoms with E-state index in [0.717, 1.165) is 17.1 Å². The third kappa shape index (κ3) is 4.71. The Morgan fingerprint density at radius 1 is 1.32 bits per heavy atom. The Kier molecular flexibility index (Phi) is 4.76. The summed E-state index contributed by atoms with van der Waals surface area (Å²) in [6.07, 6.45) is 1.82. The highest BCUT2D eigenvalue weighted by atomic mass is 35.5. The molecule has 0 aliphatic rings. The molecule has 0 aliphatic heterocycles. The lowest BCUT2D eigenvalue weighted by Crippen LogP contribution is -2.08. The number of halogens is 1. The molecule has 2 aromatic rings. The minimum absolute atomic E-state index is 0.200. The highest BCUT2D eigenvalue weighted by molar-refractivity contribution is 8.00. The van der Waals surface area contributed by atoms with Gasteiger partial charge < -0.3 is 5.32 Å². The zero-order valence-electron chi connectivity index (χ0n) is 11.2. The van der Waals surface area contributed by atoms with Crippen molar-refractivity contribution in [1.29, 1.82) is 0 Å². The van der Waals surface area contributed by atoms with Crippen molar-refractivity contribution < 1.29 is 0 Å². The Morgan fingerprint density at radius 2 is 2.05 bits per heavy atom. The topological polar surface area (TPSA) is 24.9 Å². The van der Waals surface area contributed by atoms with Crippen molar-refractivity contribution in [3.05, 3.63) is 39.8 Å². The van der Waals surface area contributed by atoms with E-state index >= 15 is 0 Å². The number of thioether (sulfide) groups is 1. The van der Waals surface area contributed by atoms with Crippen molar-refractivity contribution >= 4 is 40.4 Å². The van der Waals surface area contributed by atoms with Crippen LogP contribution in [0.3, 0.4) is 0 Å². The average molecular weight is 313 g/mol. The maximum absolute atomic E-state index is 5.84. The normalized spacial score (nSPS) is 11.6. The van der Waals surface area contributed by atoms with Gasteiger partial charge in [-0.05, 0) is 12.1 Å². The predicted molar refractivity (Wildman–Crippen MR) is 86.5 cm³/mol. The van der Waals surface area contributed by atoms with E-state index in [0.29, 0.717) is 4.47 Å². The van der Waals surface area contributed by atoms with Crippen LogP contribution in [0.25, 0.3) is 0 Å². The standard InChI is InChI=1S/C14H17ClN2S2/c1-14(2,3)19-12-7-5-4-6-11(12)16-8-10-9-17-13(15)18-10/h4-7,9,16H,8H2,1-3H3. The minimum Gasteiger partial charge on any atom is -0.379 e. The van der Waals surface area contributed by atoms with Gasteiger partial charge in [-0.1, -0.05) is 44.5 Å². The molecule has 0 fully saturated rings. The van der Waals surface area contributed by atoms with Gasteiger partial charge in [0.1, 0.15) is 0 Å². The van der Waals surface area contributed by atoms with E-state index in [1.807, 2.05) is 18.0 Å². The van der Waals surface area contributed by atoms with Crippen molar-refractivity contribution in [2.24, 2.45) is 0 Å². The third-order valence-electron chi connectivity index (χ3n) is 2.28. The number of rotatable bonds is 4. The SMILES string of the molecule is CC(C)(C)Sc1ccccc1NCc1cnc(Cl)s1. The lowest BCUT2D eigenvalue weighted by atomic mass is 10.3. The highest BCUT2D eigenvalue weighted by Gasteiger charge is 2.14. The number of anilines is 1. The molecule has 1 heterocycles. The van der Waals surface area contributed by atoms with E-state index in [4.69, 9.17) is 11.6 Å². The van der Waals surface area contributed by atoms with Crippen LogP contribution in [0.5, 0.6) is 0 Å². The molecule has 1 N–H and O–H groups in total. The lowest BCUT2D eigenvalue weighted by Gasteiger charge is -2.20. The first-order valence-electron chi connectivity index (χ1n) is 6.06. The smallest absolute Gasteiger partial charge is 0.183 e. The van der Waals surface area contributed by atoms with E-state index in [1.165, 1.54) is 16.2 Å². The quantitative estimate of drug-likeness (QED) is 0.775. The summed E-state index contributed by atoms with van der Waals surface area (Å²) in [7, 11) is 0. The van der Waals surface area contributed by atoms with Crippen LogP contribution >= 0.6 is 34.7 Å². The number of nitrogens with zero attached hydrogens (tertiary/aromatic N) is 1. The van der Waals surface area contributed by atoms with Gasteiger partial charge in [0.05, 0.1) is 6.54 Å². The molecule has 0 amide bonds. The number of benzene rings is 1. The summed E-state index contributed by atoms with van der Waals surface area (Å²) in [6.45, 7) is 7.42. The van der Waals surface area contributed by atoms with Crippen LogP contribution in [-0.2, 0) is 6.54 Å². The van der Waals surface area contributed by atoms with Crippen LogP contribution in [0.1, 0.15) is 25.6 Å². The average Bonchev–Trinajstić information content (AvgIpc) is 2.72. The fourth-order valence-electron chi connectivity index (χ4n) is 1.58. The molecule has 2 nitrogen and oxygen atoms in total. The second-order valence-corrected chi connectivity index (χ2v) is 8.71. The maximum Gasteiger partial charge on any atom is 0.183 e. The molecular formula is C14H17ClN2S2. The molecule has 0 unspecified atom stereocenters. The van der Waals surface area contributed by atoms with Crippen LogP contribution in [0.4, 0.5) is 5.69 Å². The fraction of sp³-hybridized carbons (Fsp3) is 0.357. The Bertz CT molecular complexity index is 546. The van der Waals surface area contributed by atoms with E-state index < -0.39 is 0 Å². The lowest BCUT2D eigenvalue weighted by molar-refractivity contribution is 0.803. The number of hydrogen-bond donors (Lipinski definition) is 1. The molecule has 1 aromatic heterocycles. The summed E-state index contributed by atoms with van der Waals surface area (Å²) in [5.41, 5.74) is 1.16. The Labute approximate surface area is 127 Å². The Hall–Kier alpha value is -0.710. The van der Waals surface area contributed by atoms with Gasteiger partial charge in [-0.25, -0.2) is 4.98 Å². The maximum atomic E-state index is 5.84. The van der Waals surface area contributed by atoms with Crippen molar-refractivity contribution in [3.63, 3.8) is 0 Å². The number of aromatic nitrogens is 1. The first kappa shape index (κ1) is 14.7. The first-order valence-corrected chi connectivity index (χ1v) is 8.07. The molecule has 102 valence electrons. The van der Waals surface area contributed by atoms with Gasteiger partial charge in [-0.2, -0.15) is 0 Å². The predicted octanol–water partition coefficient (Wildman–Crippen LogP) is 5.30. The fourth-order valence-corrected chi connectivity index (χ4v) is 3.55. The first-order chi connectivity index (χ1) is 8.94. The van der Waals surface area contributed by atoms with E-state index in [9.17, 15) is 0 Å². The molecule has 2 rings (SSSR count). The zero-order valence-corrected chi connectivity index (χ0v) is 13.6. The molecule has 5 heteroatoms. The summed E-state index contributed by atoms with van der Waals surface area (Å²) in [5.74, 6) is 0. The molecule has 0 spiro atoms. The largest absolute Gasteiger partial charge is 0.379 e. The highest BCUT2D eigenvalue weighted by Crippen LogP contribution is 2.36. The third-order valence-corrected chi connectivity index (χ3v) is 4.58. The second-order valence-electron chi connectivity index (χ2n) is 5.14. The summed E-state index contributed by atoms with van der Waals surface area (Å²) >= 11 is 9.21. The summed E-state index contributed by atoms with van der Waals surface area (Å²) in [6, 6.07) is 8.38. The molecule has 0 atom stereocenters. The van der Waals surface area contributed by atoms with Crippen LogP contribution in [0.15, 0.2) is 35.4 Å². The van der Waals surface area contributed by atoms with E-state index in [-0.39, 0.29) is 4.75 Å². The number of nitrogens with one attached hydrogen (secondary N) is 1. The van der Waals surface area contributed by atoms with Gasteiger partial charge in [0, 0.05) is 26.4 Å². The summed E-state index contributed by atoms with van der Waals surface area (Å²) in [5, 5.41) is 3.46. The zero-order chi connectivity index (χ0) is 13.9. The number of para-hydroxylation sites is 1. The van der Waals surface area contributed by atoms with Crippen molar-refractivity contribution in [3.8, 4) is 0 Å². The van der Waals surface area contributed by atoms with Gasteiger partial charge in [-0.3, -0.25) is 0 Å². The van der Waals surface area contributed by atoms with Crippen molar-refractivity contribution in [2.75, 3.05) is 5.32 Å². The van der Waals surface area contributed by atoms with Gasteiger partial charge >= 0.3 is 0 Å². The van der Waals surface area contributed by atoms with Gasteiger partial charge in [0.15, 0.2) is 4.47 Å². The number of hydrogen-bond acceptors (Lipinski definition) is 4. The molecule has 0 saturated carbocycles. The van der Waals surface area contributed by atoms with Crippen LogP contribution in [0, 0.1) is 0 Å².